The molecule has 3 rings (SSSR count). The number of hydrogen-bond donors (Lipinski definition) is 0. The van der Waals surface area contributed by atoms with Gasteiger partial charge in [0, 0.05) is 53.7 Å². The molecule has 5 heteroatoms. The van der Waals surface area contributed by atoms with Crippen LogP contribution in [0.3, 0.4) is 0 Å². The van der Waals surface area contributed by atoms with Crippen LogP contribution in [-0.2, 0) is 6.54 Å². The van der Waals surface area contributed by atoms with Gasteiger partial charge in [0.2, 0.25) is 0 Å². The highest BCUT2D eigenvalue weighted by atomic mass is 35.5. The highest BCUT2D eigenvalue weighted by Gasteiger charge is 2.16. The van der Waals surface area contributed by atoms with Gasteiger partial charge in [0.15, 0.2) is 0 Å². The minimum atomic E-state index is 0.785. The first-order valence-electron chi connectivity index (χ1n) is 7.55. The van der Waals surface area contributed by atoms with E-state index < -0.39 is 0 Å². The van der Waals surface area contributed by atoms with Crippen molar-refractivity contribution >= 4 is 29.2 Å². The van der Waals surface area contributed by atoms with E-state index >= 15 is 0 Å². The van der Waals surface area contributed by atoms with Gasteiger partial charge < -0.3 is 0 Å². The number of halogens is 1. The van der Waals surface area contributed by atoms with E-state index in [-0.39, 0.29) is 0 Å². The maximum Gasteiger partial charge on any atom is 0.0488 e. The Bertz CT molecular complexity index is 628. The molecule has 0 bridgehead atoms. The summed E-state index contributed by atoms with van der Waals surface area (Å²) in [5.74, 6) is 0. The third-order valence-corrected chi connectivity index (χ3v) is 5.17. The largest absolute Gasteiger partial charge is 0.295 e. The molecule has 0 saturated carbocycles. The van der Waals surface area contributed by atoms with Gasteiger partial charge in [-0.1, -0.05) is 23.7 Å². The minimum Gasteiger partial charge on any atom is -0.295 e. The summed E-state index contributed by atoms with van der Waals surface area (Å²) in [7, 11) is 0. The van der Waals surface area contributed by atoms with Crippen molar-refractivity contribution in [3.63, 3.8) is 0 Å². The van der Waals surface area contributed by atoms with Gasteiger partial charge in [0.25, 0.3) is 0 Å². The summed E-state index contributed by atoms with van der Waals surface area (Å²) in [6.07, 6.45) is 1.87. The molecule has 1 aliphatic heterocycles. The topological polar surface area (TPSA) is 18.8 Å². The van der Waals surface area contributed by atoms with Gasteiger partial charge in [0.05, 0.1) is 0 Å². The predicted molar refractivity (Wildman–Crippen MR) is 95.8 cm³/mol. The summed E-state index contributed by atoms with van der Waals surface area (Å²) in [5.41, 5.74) is 1.24. The number of nitrogens with zero attached hydrogens (tertiary/aromatic N) is 3. The van der Waals surface area contributed by atoms with Crippen LogP contribution in [0.25, 0.3) is 10.4 Å². The molecule has 0 amide bonds. The van der Waals surface area contributed by atoms with Crippen LogP contribution in [0, 0.1) is 0 Å². The zero-order valence-corrected chi connectivity index (χ0v) is 14.3. The van der Waals surface area contributed by atoms with Gasteiger partial charge in [-0.3, -0.25) is 9.91 Å². The molecular formula is C17H20ClN3S. The van der Waals surface area contributed by atoms with E-state index in [2.05, 4.69) is 39.3 Å². The zero-order valence-electron chi connectivity index (χ0n) is 12.7. The third kappa shape index (κ3) is 3.88. The van der Waals surface area contributed by atoms with Crippen molar-refractivity contribution in [2.24, 2.45) is 5.10 Å². The minimum absolute atomic E-state index is 0.785. The average molecular weight is 334 g/mol. The molecular weight excluding hydrogens is 314 g/mol. The summed E-state index contributed by atoms with van der Waals surface area (Å²) >= 11 is 7.82. The molecule has 2 aromatic rings. The smallest absolute Gasteiger partial charge is 0.0488 e. The van der Waals surface area contributed by atoms with E-state index in [1.165, 1.54) is 15.3 Å². The number of hydrazone groups is 1. The Hall–Kier alpha value is -1.36. The predicted octanol–water partition coefficient (Wildman–Crippen LogP) is 4.19. The van der Waals surface area contributed by atoms with Crippen molar-refractivity contribution in [1.82, 2.24) is 9.91 Å². The van der Waals surface area contributed by atoms with Gasteiger partial charge >= 0.3 is 0 Å². The van der Waals surface area contributed by atoms with Crippen molar-refractivity contribution < 1.29 is 0 Å². The molecule has 0 radical (unpaired) electrons. The SMILES string of the molecule is C/C=N\N1CCN(Cc2ccc(-c3ccc(Cl)cc3)s2)CC1. The molecule has 2 heterocycles. The number of hydrogen-bond acceptors (Lipinski definition) is 4. The standard InChI is InChI=1S/C17H20ClN3S/c1-2-19-21-11-9-20(10-12-21)13-16-7-8-17(22-16)14-3-5-15(18)6-4-14/h2-8H,9-13H2,1H3/b19-2-. The van der Waals surface area contributed by atoms with Crippen LogP contribution < -0.4 is 0 Å². The molecule has 0 unspecified atom stereocenters. The normalized spacial score (nSPS) is 16.5. The first kappa shape index (κ1) is 15.5. The van der Waals surface area contributed by atoms with Gasteiger partial charge in [0.1, 0.15) is 0 Å². The molecule has 1 fully saturated rings. The number of rotatable bonds is 4. The summed E-state index contributed by atoms with van der Waals surface area (Å²) in [5, 5.41) is 7.28. The van der Waals surface area contributed by atoms with Crippen molar-refractivity contribution in [3.05, 3.63) is 46.3 Å². The number of thiophene rings is 1. The Labute approximate surface area is 140 Å². The lowest BCUT2D eigenvalue weighted by atomic mass is 10.2. The molecule has 1 aliphatic rings. The quantitative estimate of drug-likeness (QED) is 0.781. The van der Waals surface area contributed by atoms with E-state index in [4.69, 9.17) is 11.6 Å². The second-order valence-corrected chi connectivity index (χ2v) is 6.98. The van der Waals surface area contributed by atoms with Gasteiger partial charge in [-0.25, -0.2) is 0 Å². The average Bonchev–Trinajstić information content (AvgIpc) is 2.99. The van der Waals surface area contributed by atoms with Crippen LogP contribution >= 0.6 is 22.9 Å². The van der Waals surface area contributed by atoms with Gasteiger partial charge in [-0.15, -0.1) is 11.3 Å². The lowest BCUT2D eigenvalue weighted by Crippen LogP contribution is -2.43. The summed E-state index contributed by atoms with van der Waals surface area (Å²) in [6.45, 7) is 7.18. The van der Waals surface area contributed by atoms with E-state index in [9.17, 15) is 0 Å². The van der Waals surface area contributed by atoms with Crippen LogP contribution in [0.4, 0.5) is 0 Å². The Morgan fingerprint density at radius 3 is 2.50 bits per heavy atom. The Balaban J connectivity index is 1.59. The molecule has 0 aliphatic carbocycles. The lowest BCUT2D eigenvalue weighted by molar-refractivity contribution is 0.132. The Morgan fingerprint density at radius 1 is 1.09 bits per heavy atom. The second-order valence-electron chi connectivity index (χ2n) is 5.38. The molecule has 1 saturated heterocycles. The molecule has 1 aromatic heterocycles. The van der Waals surface area contributed by atoms with Crippen LogP contribution in [0.15, 0.2) is 41.5 Å². The van der Waals surface area contributed by atoms with Crippen molar-refractivity contribution in [2.75, 3.05) is 26.2 Å². The van der Waals surface area contributed by atoms with E-state index in [1.807, 2.05) is 36.6 Å². The molecule has 22 heavy (non-hydrogen) atoms. The summed E-state index contributed by atoms with van der Waals surface area (Å²) in [4.78, 5) is 5.22. The fourth-order valence-electron chi connectivity index (χ4n) is 2.63. The molecule has 0 spiro atoms. The van der Waals surface area contributed by atoms with Crippen LogP contribution in [-0.4, -0.2) is 42.3 Å². The van der Waals surface area contributed by atoms with Crippen molar-refractivity contribution in [2.45, 2.75) is 13.5 Å². The molecule has 3 nitrogen and oxygen atoms in total. The Morgan fingerprint density at radius 2 is 1.82 bits per heavy atom. The fourth-order valence-corrected chi connectivity index (χ4v) is 3.81. The van der Waals surface area contributed by atoms with Gasteiger partial charge in [-0.05, 0) is 36.8 Å². The second kappa shape index (κ2) is 7.27. The van der Waals surface area contributed by atoms with Crippen LogP contribution in [0.1, 0.15) is 11.8 Å². The van der Waals surface area contributed by atoms with E-state index in [1.54, 1.807) is 0 Å². The molecule has 0 N–H and O–H groups in total. The maximum atomic E-state index is 5.95. The summed E-state index contributed by atoms with van der Waals surface area (Å²) < 4.78 is 0. The number of piperazine rings is 1. The highest BCUT2D eigenvalue weighted by Crippen LogP contribution is 2.29. The third-order valence-electron chi connectivity index (χ3n) is 3.80. The zero-order chi connectivity index (χ0) is 15.4. The van der Waals surface area contributed by atoms with E-state index in [0.717, 1.165) is 37.7 Å². The highest BCUT2D eigenvalue weighted by molar-refractivity contribution is 7.15. The fraction of sp³-hybridized carbons (Fsp3) is 0.353. The molecule has 0 atom stereocenters. The van der Waals surface area contributed by atoms with Gasteiger partial charge in [-0.2, -0.15) is 5.10 Å². The van der Waals surface area contributed by atoms with Crippen molar-refractivity contribution in [1.29, 1.82) is 0 Å². The molecule has 116 valence electrons. The molecule has 1 aromatic carbocycles. The lowest BCUT2D eigenvalue weighted by Gasteiger charge is -2.32. The maximum absolute atomic E-state index is 5.95. The Kier molecular flexibility index (Phi) is 5.13. The van der Waals surface area contributed by atoms with Crippen molar-refractivity contribution in [3.8, 4) is 10.4 Å². The van der Waals surface area contributed by atoms with E-state index in [0.29, 0.717) is 0 Å². The van der Waals surface area contributed by atoms with Crippen LogP contribution in [0.2, 0.25) is 5.02 Å². The van der Waals surface area contributed by atoms with Crippen LogP contribution in [0.5, 0.6) is 0 Å². The first-order valence-corrected chi connectivity index (χ1v) is 8.74. The number of benzene rings is 1. The summed E-state index contributed by atoms with van der Waals surface area (Å²) in [6, 6.07) is 12.5. The monoisotopic (exact) mass is 333 g/mol. The first-order chi connectivity index (χ1) is 10.7.